The molecule has 1 atom stereocenters. The van der Waals surface area contributed by atoms with Gasteiger partial charge in [0.05, 0.1) is 5.75 Å². The zero-order chi connectivity index (χ0) is 14.3. The predicted molar refractivity (Wildman–Crippen MR) is 65.5 cm³/mol. The molecule has 1 unspecified atom stereocenters. The van der Waals surface area contributed by atoms with E-state index in [4.69, 9.17) is 9.47 Å². The molecule has 2 heterocycles. The second kappa shape index (κ2) is 4.76. The molecule has 1 aromatic rings. The van der Waals surface area contributed by atoms with Crippen molar-refractivity contribution in [3.05, 3.63) is 23.8 Å². The highest BCUT2D eigenvalue weighted by Gasteiger charge is 2.42. The zero-order valence-electron chi connectivity index (χ0n) is 10.1. The zero-order valence-corrected chi connectivity index (χ0v) is 11.0. The summed E-state index contributed by atoms with van der Waals surface area (Å²) in [5.41, 5.74) is 0.542. The summed E-state index contributed by atoms with van der Waals surface area (Å²) in [5, 5.41) is -0.694. The monoisotopic (exact) mass is 305 g/mol. The summed E-state index contributed by atoms with van der Waals surface area (Å²) in [7, 11) is 0. The quantitative estimate of drug-likeness (QED) is 0.842. The van der Waals surface area contributed by atoms with Crippen LogP contribution in [-0.2, 0) is 4.79 Å². The number of carbonyl (C=O) groups excluding carboxylic acids is 1. The Labute approximate surface area is 116 Å². The number of amides is 1. The van der Waals surface area contributed by atoms with Crippen molar-refractivity contribution in [2.75, 3.05) is 19.1 Å². The number of halogens is 3. The van der Waals surface area contributed by atoms with E-state index < -0.39 is 24.0 Å². The Bertz CT molecular complexity index is 549. The molecule has 3 rings (SSSR count). The van der Waals surface area contributed by atoms with Crippen molar-refractivity contribution in [3.8, 4) is 11.5 Å². The summed E-state index contributed by atoms with van der Waals surface area (Å²) in [5.74, 6) is 0.431. The van der Waals surface area contributed by atoms with Crippen molar-refractivity contribution < 1.29 is 27.4 Å². The van der Waals surface area contributed by atoms with Crippen molar-refractivity contribution in [1.82, 2.24) is 4.90 Å². The lowest BCUT2D eigenvalue weighted by Crippen LogP contribution is -2.37. The number of fused-ring (bicyclic) bond motifs is 1. The van der Waals surface area contributed by atoms with E-state index in [1.54, 1.807) is 18.2 Å². The van der Waals surface area contributed by atoms with E-state index in [1.807, 2.05) is 0 Å². The van der Waals surface area contributed by atoms with E-state index in [-0.39, 0.29) is 12.5 Å². The Kier molecular flexibility index (Phi) is 3.19. The lowest BCUT2D eigenvalue weighted by atomic mass is 10.1. The molecule has 0 aromatic heterocycles. The molecule has 0 bridgehead atoms. The fourth-order valence-corrected chi connectivity index (χ4v) is 3.43. The van der Waals surface area contributed by atoms with Crippen LogP contribution in [0, 0.1) is 0 Å². The van der Waals surface area contributed by atoms with Gasteiger partial charge in [0.25, 0.3) is 0 Å². The summed E-state index contributed by atoms with van der Waals surface area (Å²) in [4.78, 5) is 12.5. The Morgan fingerprint density at radius 1 is 1.35 bits per heavy atom. The molecule has 1 saturated heterocycles. The van der Waals surface area contributed by atoms with Gasteiger partial charge in [0.2, 0.25) is 12.7 Å². The van der Waals surface area contributed by atoms with E-state index >= 15 is 0 Å². The van der Waals surface area contributed by atoms with E-state index in [0.717, 1.165) is 16.7 Å². The molecule has 1 fully saturated rings. The Hall–Kier alpha value is -1.57. The van der Waals surface area contributed by atoms with E-state index in [0.29, 0.717) is 17.1 Å². The molecule has 108 valence electrons. The maximum atomic E-state index is 12.6. The third-order valence-corrected chi connectivity index (χ3v) is 4.25. The molecule has 2 aliphatic rings. The lowest BCUT2D eigenvalue weighted by Gasteiger charge is -2.25. The van der Waals surface area contributed by atoms with Gasteiger partial charge in [-0.2, -0.15) is 13.2 Å². The fraction of sp³-hybridized carbons (Fsp3) is 0.417. The van der Waals surface area contributed by atoms with Crippen molar-refractivity contribution in [2.45, 2.75) is 11.6 Å². The van der Waals surface area contributed by atoms with Crippen LogP contribution in [0.15, 0.2) is 18.2 Å². The SMILES string of the molecule is O=C1CSC(c2cccc3c2OCO3)N1CC(F)(F)F. The number of nitrogens with zero attached hydrogens (tertiary/aromatic N) is 1. The van der Waals surface area contributed by atoms with Gasteiger partial charge in [-0.3, -0.25) is 4.79 Å². The largest absolute Gasteiger partial charge is 0.454 e. The Morgan fingerprint density at radius 3 is 2.90 bits per heavy atom. The summed E-state index contributed by atoms with van der Waals surface area (Å²) in [6, 6.07) is 5.02. The Balaban J connectivity index is 1.93. The maximum Gasteiger partial charge on any atom is 0.406 e. The number of hydrogen-bond donors (Lipinski definition) is 0. The van der Waals surface area contributed by atoms with Crippen LogP contribution < -0.4 is 9.47 Å². The maximum absolute atomic E-state index is 12.6. The van der Waals surface area contributed by atoms with Crippen LogP contribution in [-0.4, -0.2) is 36.1 Å². The number of rotatable bonds is 2. The highest BCUT2D eigenvalue weighted by atomic mass is 32.2. The minimum atomic E-state index is -4.42. The van der Waals surface area contributed by atoms with Crippen molar-refractivity contribution in [3.63, 3.8) is 0 Å². The van der Waals surface area contributed by atoms with Crippen molar-refractivity contribution >= 4 is 17.7 Å². The highest BCUT2D eigenvalue weighted by molar-refractivity contribution is 8.00. The van der Waals surface area contributed by atoms with E-state index in [2.05, 4.69) is 0 Å². The number of para-hydroxylation sites is 1. The van der Waals surface area contributed by atoms with Gasteiger partial charge in [0.15, 0.2) is 11.5 Å². The summed E-state index contributed by atoms with van der Waals surface area (Å²) in [6.45, 7) is -1.22. The van der Waals surface area contributed by atoms with Gasteiger partial charge in [-0.25, -0.2) is 0 Å². The number of carbonyl (C=O) groups is 1. The van der Waals surface area contributed by atoms with Crippen LogP contribution in [0.2, 0.25) is 0 Å². The first kappa shape index (κ1) is 13.4. The molecule has 20 heavy (non-hydrogen) atoms. The molecular weight excluding hydrogens is 295 g/mol. The van der Waals surface area contributed by atoms with Crippen molar-refractivity contribution in [1.29, 1.82) is 0 Å². The first-order valence-corrected chi connectivity index (χ1v) is 6.87. The average molecular weight is 305 g/mol. The number of benzene rings is 1. The minimum Gasteiger partial charge on any atom is -0.454 e. The first-order valence-electron chi connectivity index (χ1n) is 5.82. The molecule has 0 saturated carbocycles. The van der Waals surface area contributed by atoms with Crippen LogP contribution in [0.4, 0.5) is 13.2 Å². The third kappa shape index (κ3) is 2.39. The second-order valence-electron chi connectivity index (χ2n) is 4.38. The number of alkyl halides is 3. The molecule has 0 spiro atoms. The molecule has 1 amide bonds. The van der Waals surface area contributed by atoms with Crippen molar-refractivity contribution in [2.24, 2.45) is 0 Å². The van der Waals surface area contributed by atoms with E-state index in [1.165, 1.54) is 0 Å². The first-order chi connectivity index (χ1) is 9.46. The second-order valence-corrected chi connectivity index (χ2v) is 5.45. The van der Waals surface area contributed by atoms with E-state index in [9.17, 15) is 18.0 Å². The predicted octanol–water partition coefficient (Wildman–Crippen LogP) is 2.55. The van der Waals surface area contributed by atoms with Crippen LogP contribution in [0.5, 0.6) is 11.5 Å². The summed E-state index contributed by atoms with van der Waals surface area (Å²) in [6.07, 6.45) is -4.42. The van der Waals surface area contributed by atoms with Gasteiger partial charge in [0.1, 0.15) is 11.9 Å². The smallest absolute Gasteiger partial charge is 0.406 e. The topological polar surface area (TPSA) is 38.8 Å². The molecule has 0 aliphatic carbocycles. The van der Waals surface area contributed by atoms with Gasteiger partial charge in [-0.15, -0.1) is 11.8 Å². The summed E-state index contributed by atoms with van der Waals surface area (Å²) < 4.78 is 48.3. The van der Waals surface area contributed by atoms with Gasteiger partial charge in [0, 0.05) is 5.56 Å². The standard InChI is InChI=1S/C12H10F3NO3S/c13-12(14,15)5-16-9(17)4-20-11(16)7-2-1-3-8-10(7)19-6-18-8/h1-3,11H,4-6H2. The van der Waals surface area contributed by atoms with Gasteiger partial charge in [-0.05, 0) is 6.07 Å². The fourth-order valence-electron chi connectivity index (χ4n) is 2.22. The average Bonchev–Trinajstić information content (AvgIpc) is 2.96. The highest BCUT2D eigenvalue weighted by Crippen LogP contribution is 2.47. The third-order valence-electron chi connectivity index (χ3n) is 3.01. The van der Waals surface area contributed by atoms with Gasteiger partial charge >= 0.3 is 6.18 Å². The van der Waals surface area contributed by atoms with Crippen LogP contribution in [0.3, 0.4) is 0 Å². The molecule has 0 radical (unpaired) electrons. The summed E-state index contributed by atoms with van der Waals surface area (Å²) >= 11 is 1.16. The van der Waals surface area contributed by atoms with Crippen LogP contribution in [0.25, 0.3) is 0 Å². The van der Waals surface area contributed by atoms with Gasteiger partial charge < -0.3 is 14.4 Å². The normalized spacial score (nSPS) is 21.6. The molecule has 1 aromatic carbocycles. The molecule has 2 aliphatic heterocycles. The number of thioether (sulfide) groups is 1. The van der Waals surface area contributed by atoms with Gasteiger partial charge in [-0.1, -0.05) is 12.1 Å². The number of hydrogen-bond acceptors (Lipinski definition) is 4. The minimum absolute atomic E-state index is 0.0330. The number of ether oxygens (including phenoxy) is 2. The van der Waals surface area contributed by atoms with Crippen LogP contribution >= 0.6 is 11.8 Å². The molecule has 4 nitrogen and oxygen atoms in total. The van der Waals surface area contributed by atoms with Crippen LogP contribution in [0.1, 0.15) is 10.9 Å². The molecular formula is C12H10F3NO3S. The lowest BCUT2D eigenvalue weighted by molar-refractivity contribution is -0.159. The Morgan fingerprint density at radius 2 is 2.15 bits per heavy atom. The molecule has 8 heteroatoms. The molecule has 0 N–H and O–H groups in total.